The number of ether oxygens (including phenoxy) is 1. The van der Waals surface area contributed by atoms with Crippen LogP contribution in [-0.2, 0) is 9.26 Å². The summed E-state index contributed by atoms with van der Waals surface area (Å²) in [5.74, 6) is -0.987. The normalized spacial score (nSPS) is 14.0. The summed E-state index contributed by atoms with van der Waals surface area (Å²) in [7, 11) is 2.56. The second-order valence-corrected chi connectivity index (χ2v) is 2.31. The van der Waals surface area contributed by atoms with Gasteiger partial charge in [-0.25, -0.2) is 0 Å². The van der Waals surface area contributed by atoms with Crippen LogP contribution in [-0.4, -0.2) is 32.6 Å². The Morgan fingerprint density at radius 1 is 1.58 bits per heavy atom. The van der Waals surface area contributed by atoms with Crippen molar-refractivity contribution in [2.24, 2.45) is 0 Å². The van der Waals surface area contributed by atoms with Gasteiger partial charge in [-0.2, -0.15) is 13.2 Å². The molecule has 0 radical (unpaired) electrons. The van der Waals surface area contributed by atoms with Gasteiger partial charge in [0.15, 0.2) is 0 Å². The number of hydrogen-bond donors (Lipinski definition) is 0. The lowest BCUT2D eigenvalue weighted by molar-refractivity contribution is -0.207. The minimum absolute atomic E-state index is 0.715. The lowest BCUT2D eigenvalue weighted by Gasteiger charge is -2.18. The Balaban J connectivity index is 4.13. The highest BCUT2D eigenvalue weighted by Crippen LogP contribution is 2.23. The van der Waals surface area contributed by atoms with E-state index in [9.17, 15) is 18.0 Å². The molecular formula is C4H7BF3O3P. The second-order valence-electron chi connectivity index (χ2n) is 1.97. The van der Waals surface area contributed by atoms with Crippen LogP contribution in [0.5, 0.6) is 0 Å². The highest BCUT2D eigenvalue weighted by molar-refractivity contribution is 7.09. The molecule has 3 nitrogen and oxygen atoms in total. The van der Waals surface area contributed by atoms with Gasteiger partial charge >= 0.3 is 6.18 Å². The van der Waals surface area contributed by atoms with E-state index in [1.54, 1.807) is 9.47 Å². The predicted octanol–water partition coefficient (Wildman–Crippen LogP) is 0.494. The van der Waals surface area contributed by atoms with E-state index in [0.29, 0.717) is 0 Å². The quantitative estimate of drug-likeness (QED) is 0.493. The van der Waals surface area contributed by atoms with Gasteiger partial charge in [0.1, 0.15) is 0 Å². The van der Waals surface area contributed by atoms with Gasteiger partial charge in [0.25, 0.3) is 0 Å². The molecule has 2 unspecified atom stereocenters. The van der Waals surface area contributed by atoms with Crippen LogP contribution in [0, 0.1) is 0 Å². The topological polar surface area (TPSA) is 35.5 Å². The van der Waals surface area contributed by atoms with Crippen LogP contribution < -0.4 is 0 Å². The fourth-order valence-corrected chi connectivity index (χ4v) is 0.658. The van der Waals surface area contributed by atoms with E-state index < -0.39 is 24.8 Å². The summed E-state index contributed by atoms with van der Waals surface area (Å²) < 4.78 is 43.8. The highest BCUT2D eigenvalue weighted by Gasteiger charge is 2.42. The summed E-state index contributed by atoms with van der Waals surface area (Å²) in [6, 6.07) is 0. The maximum atomic E-state index is 11.9. The summed E-state index contributed by atoms with van der Waals surface area (Å²) in [6.45, 7) is -0.715. The maximum Gasteiger partial charge on any atom is 0.427 e. The van der Waals surface area contributed by atoms with Crippen LogP contribution in [0.1, 0.15) is 0 Å². The van der Waals surface area contributed by atoms with Crippen molar-refractivity contribution in [3.63, 3.8) is 0 Å². The summed E-state index contributed by atoms with van der Waals surface area (Å²) in [6.07, 6.45) is -6.77. The molecule has 2 atom stereocenters. The third kappa shape index (κ3) is 4.56. The van der Waals surface area contributed by atoms with Crippen molar-refractivity contribution in [1.29, 1.82) is 0 Å². The second kappa shape index (κ2) is 4.67. The Morgan fingerprint density at radius 3 is 2.33 bits per heavy atom. The molecule has 0 aliphatic heterocycles. The maximum absolute atomic E-state index is 11.9. The molecule has 8 heteroatoms. The molecule has 0 aromatic rings. The van der Waals surface area contributed by atoms with Crippen LogP contribution in [0.2, 0.25) is 0 Å². The van der Waals surface area contributed by atoms with Crippen molar-refractivity contribution in [2.45, 2.75) is 12.3 Å². The first-order valence-electron chi connectivity index (χ1n) is 2.93. The van der Waals surface area contributed by atoms with Gasteiger partial charge in [0, 0.05) is 9.47 Å². The SMILES string of the molecule is BC(=O)OC(COP)C(F)(F)F. The first-order chi connectivity index (χ1) is 5.38. The first-order valence-corrected chi connectivity index (χ1v) is 3.40. The van der Waals surface area contributed by atoms with Gasteiger partial charge in [-0.15, -0.1) is 0 Å². The number of alkyl halides is 3. The minimum atomic E-state index is -4.58. The van der Waals surface area contributed by atoms with Crippen LogP contribution in [0.25, 0.3) is 0 Å². The fraction of sp³-hybridized carbons (Fsp3) is 0.750. The number of hydrogen-bond acceptors (Lipinski definition) is 3. The van der Waals surface area contributed by atoms with Gasteiger partial charge < -0.3 is 9.26 Å². The Hall–Kier alpha value is -0.285. The van der Waals surface area contributed by atoms with Crippen molar-refractivity contribution >= 4 is 23.2 Å². The largest absolute Gasteiger partial charge is 0.459 e. The number of rotatable bonds is 3. The zero-order valence-corrected chi connectivity index (χ0v) is 7.38. The molecule has 0 fully saturated rings. The van der Waals surface area contributed by atoms with Gasteiger partial charge in [0.05, 0.1) is 6.61 Å². The molecule has 0 aromatic carbocycles. The number of carbonyl (C=O) groups is 1. The van der Waals surface area contributed by atoms with E-state index in [1.807, 2.05) is 0 Å². The van der Waals surface area contributed by atoms with Gasteiger partial charge in [-0.3, -0.25) is 4.79 Å². The minimum Gasteiger partial charge on any atom is -0.459 e. The third-order valence-corrected chi connectivity index (χ3v) is 1.11. The molecule has 0 heterocycles. The van der Waals surface area contributed by atoms with E-state index in [4.69, 9.17) is 0 Å². The Kier molecular flexibility index (Phi) is 4.56. The van der Waals surface area contributed by atoms with Crippen molar-refractivity contribution in [1.82, 2.24) is 0 Å². The highest BCUT2D eigenvalue weighted by atomic mass is 31.0. The van der Waals surface area contributed by atoms with E-state index in [-0.39, 0.29) is 0 Å². The molecule has 0 aromatic heterocycles. The molecule has 0 rings (SSSR count). The zero-order chi connectivity index (χ0) is 9.78. The van der Waals surface area contributed by atoms with Crippen LogP contribution in [0.15, 0.2) is 0 Å². The number of carbonyl (C=O) groups excluding carboxylic acids is 1. The molecule has 0 bridgehead atoms. The van der Waals surface area contributed by atoms with E-state index in [1.165, 1.54) is 0 Å². The fourth-order valence-electron chi connectivity index (χ4n) is 0.483. The zero-order valence-electron chi connectivity index (χ0n) is 6.22. The van der Waals surface area contributed by atoms with Crippen molar-refractivity contribution < 1.29 is 27.2 Å². The van der Waals surface area contributed by atoms with Crippen molar-refractivity contribution in [3.05, 3.63) is 0 Å². The third-order valence-electron chi connectivity index (χ3n) is 0.921. The molecule has 0 spiro atoms. The van der Waals surface area contributed by atoms with Crippen molar-refractivity contribution in [2.75, 3.05) is 6.61 Å². The lowest BCUT2D eigenvalue weighted by Crippen LogP contribution is -2.36. The Bertz CT molecular complexity index is 162. The molecule has 0 aliphatic carbocycles. The van der Waals surface area contributed by atoms with Crippen LogP contribution in [0.4, 0.5) is 18.0 Å². The Morgan fingerprint density at radius 2 is 2.08 bits per heavy atom. The molecular weight excluding hydrogens is 195 g/mol. The predicted molar refractivity (Wildman–Crippen MR) is 40.5 cm³/mol. The van der Waals surface area contributed by atoms with Gasteiger partial charge in [0.2, 0.25) is 19.8 Å². The van der Waals surface area contributed by atoms with Gasteiger partial charge in [-0.1, -0.05) is 0 Å². The summed E-state index contributed by atoms with van der Waals surface area (Å²) in [5.41, 5.74) is 0. The smallest absolute Gasteiger partial charge is 0.427 e. The van der Waals surface area contributed by atoms with E-state index in [0.717, 1.165) is 7.85 Å². The summed E-state index contributed by atoms with van der Waals surface area (Å²) in [5, 5.41) is 0. The lowest BCUT2D eigenvalue weighted by atomic mass is 10.2. The molecule has 70 valence electrons. The average Bonchev–Trinajstić information content (AvgIpc) is 1.83. The molecule has 0 saturated heterocycles. The monoisotopic (exact) mass is 202 g/mol. The van der Waals surface area contributed by atoms with Crippen LogP contribution in [0.3, 0.4) is 0 Å². The molecule has 12 heavy (non-hydrogen) atoms. The molecule has 0 N–H and O–H groups in total. The molecule has 0 saturated carbocycles. The summed E-state index contributed by atoms with van der Waals surface area (Å²) >= 11 is 0. The summed E-state index contributed by atoms with van der Waals surface area (Å²) in [4.78, 5) is 10.2. The number of halogens is 3. The van der Waals surface area contributed by atoms with E-state index >= 15 is 0 Å². The van der Waals surface area contributed by atoms with Crippen LogP contribution >= 0.6 is 9.47 Å². The van der Waals surface area contributed by atoms with Crippen molar-refractivity contribution in [3.8, 4) is 0 Å². The van der Waals surface area contributed by atoms with E-state index in [2.05, 4.69) is 9.26 Å². The molecule has 0 amide bonds. The standard InChI is InChI=1S/C4H7BF3O3P/c5-3(9)11-2(1-10-12)4(6,7)8/h2H,1,5,12H2. The van der Waals surface area contributed by atoms with Gasteiger partial charge in [-0.05, 0) is 0 Å². The Labute approximate surface area is 70.3 Å². The molecule has 0 aliphatic rings. The average molecular weight is 202 g/mol. The first kappa shape index (κ1) is 11.7.